The lowest BCUT2D eigenvalue weighted by molar-refractivity contribution is 0.249. The van der Waals surface area contributed by atoms with Crippen LogP contribution in [0.4, 0.5) is 0 Å². The molecule has 0 unspecified atom stereocenters. The van der Waals surface area contributed by atoms with Crippen LogP contribution in [0.5, 0.6) is 10.8 Å². The molecule has 2 aromatic rings. The number of nitrogens with two attached hydrogens (primary N) is 1. The topological polar surface area (TPSA) is 77.6 Å². The number of aliphatic hydroxyl groups is 1. The zero-order chi connectivity index (χ0) is 15.7. The van der Waals surface area contributed by atoms with E-state index in [0.29, 0.717) is 13.2 Å². The highest BCUT2D eigenvalue weighted by Gasteiger charge is 2.25. The van der Waals surface area contributed by atoms with Gasteiger partial charge in [0, 0.05) is 18.5 Å². The Morgan fingerprint density at radius 3 is 3.00 bits per heavy atom. The van der Waals surface area contributed by atoms with Gasteiger partial charge < -0.3 is 20.3 Å². The van der Waals surface area contributed by atoms with Crippen LogP contribution in [-0.2, 0) is 19.6 Å². The fourth-order valence-corrected chi connectivity index (χ4v) is 3.62. The predicted molar refractivity (Wildman–Crippen MR) is 86.3 cm³/mol. The Hall–Kier alpha value is -1.63. The number of benzene rings is 1. The molecular formula is C16H20N2O3S. The van der Waals surface area contributed by atoms with Crippen molar-refractivity contribution >= 4 is 11.3 Å². The van der Waals surface area contributed by atoms with Crippen LogP contribution >= 0.6 is 11.3 Å². The minimum Gasteiger partial charge on any atom is -0.492 e. The van der Waals surface area contributed by atoms with Crippen molar-refractivity contribution in [1.29, 1.82) is 0 Å². The number of aliphatic hydroxyl groups excluding tert-OH is 1. The van der Waals surface area contributed by atoms with Crippen LogP contribution in [0, 0.1) is 0 Å². The molecule has 118 valence electrons. The monoisotopic (exact) mass is 320 g/mol. The maximum absolute atomic E-state index is 9.63. The highest BCUT2D eigenvalue weighted by molar-refractivity contribution is 7.16. The largest absolute Gasteiger partial charge is 0.492 e. The Kier molecular flexibility index (Phi) is 4.33. The molecule has 6 heteroatoms. The second-order valence-corrected chi connectivity index (χ2v) is 6.47. The van der Waals surface area contributed by atoms with Crippen molar-refractivity contribution in [3.8, 4) is 21.4 Å². The van der Waals surface area contributed by atoms with Gasteiger partial charge in [-0.15, -0.1) is 0 Å². The normalized spacial score (nSPS) is 13.3. The summed E-state index contributed by atoms with van der Waals surface area (Å²) in [6.07, 6.45) is 2.66. The number of hydrogen-bond donors (Lipinski definition) is 2. The van der Waals surface area contributed by atoms with E-state index < -0.39 is 0 Å². The van der Waals surface area contributed by atoms with E-state index in [4.69, 9.17) is 15.2 Å². The van der Waals surface area contributed by atoms with Crippen LogP contribution < -0.4 is 15.2 Å². The first-order valence-electron chi connectivity index (χ1n) is 7.38. The molecule has 0 spiro atoms. The van der Waals surface area contributed by atoms with Gasteiger partial charge in [-0.25, -0.2) is 4.98 Å². The third kappa shape index (κ3) is 2.69. The van der Waals surface area contributed by atoms with Crippen molar-refractivity contribution in [3.05, 3.63) is 29.0 Å². The van der Waals surface area contributed by atoms with Gasteiger partial charge in [0.25, 0.3) is 0 Å². The van der Waals surface area contributed by atoms with Crippen LogP contribution in [0.15, 0.2) is 12.3 Å². The third-order valence-electron chi connectivity index (χ3n) is 3.63. The van der Waals surface area contributed by atoms with Gasteiger partial charge in [-0.3, -0.25) is 0 Å². The highest BCUT2D eigenvalue weighted by Crippen LogP contribution is 2.43. The number of fused-ring (bicyclic) bond motifs is 1. The van der Waals surface area contributed by atoms with E-state index in [1.54, 1.807) is 6.20 Å². The van der Waals surface area contributed by atoms with E-state index in [1.807, 2.05) is 19.9 Å². The van der Waals surface area contributed by atoms with Crippen molar-refractivity contribution in [3.63, 3.8) is 0 Å². The van der Waals surface area contributed by atoms with Crippen LogP contribution in [0.25, 0.3) is 10.6 Å². The lowest BCUT2D eigenvalue weighted by atomic mass is 9.96. The molecule has 0 saturated carbocycles. The average Bonchev–Trinajstić information content (AvgIpc) is 3.13. The smallest absolute Gasteiger partial charge is 0.194 e. The second kappa shape index (κ2) is 6.24. The fourth-order valence-electron chi connectivity index (χ4n) is 2.71. The molecule has 3 rings (SSSR count). The minimum absolute atomic E-state index is 0.0158. The van der Waals surface area contributed by atoms with Crippen LogP contribution in [-0.4, -0.2) is 22.8 Å². The van der Waals surface area contributed by atoms with Gasteiger partial charge in [0.15, 0.2) is 5.06 Å². The zero-order valence-electron chi connectivity index (χ0n) is 12.8. The first kappa shape index (κ1) is 15.3. The van der Waals surface area contributed by atoms with E-state index in [9.17, 15) is 5.11 Å². The number of hydrogen-bond acceptors (Lipinski definition) is 6. The Morgan fingerprint density at radius 2 is 2.32 bits per heavy atom. The first-order valence-corrected chi connectivity index (χ1v) is 8.20. The maximum Gasteiger partial charge on any atom is 0.194 e. The number of aromatic nitrogens is 1. The van der Waals surface area contributed by atoms with Crippen molar-refractivity contribution in [2.75, 3.05) is 6.61 Å². The molecule has 1 aliphatic rings. The lowest BCUT2D eigenvalue weighted by Crippen LogP contribution is -2.05. The van der Waals surface area contributed by atoms with Gasteiger partial charge in [-0.05, 0) is 31.0 Å². The van der Waals surface area contributed by atoms with Gasteiger partial charge in [0.2, 0.25) is 0 Å². The molecule has 1 aromatic carbocycles. The standard InChI is InChI=1S/C16H20N2O3S/c1-9(2)21-14-7-18-16(22-14)12-5-10(6-17)13(8-19)11-3-4-20-15(11)12/h5,7,9,19H,3-4,6,8,17H2,1-2H3. The molecule has 0 aliphatic carbocycles. The molecule has 5 nitrogen and oxygen atoms in total. The number of nitrogens with zero attached hydrogens (tertiary/aromatic N) is 1. The van der Waals surface area contributed by atoms with Gasteiger partial charge in [0.05, 0.1) is 31.1 Å². The summed E-state index contributed by atoms with van der Waals surface area (Å²) in [6.45, 7) is 4.98. The summed E-state index contributed by atoms with van der Waals surface area (Å²) in [5.41, 5.74) is 9.69. The van der Waals surface area contributed by atoms with Gasteiger partial charge >= 0.3 is 0 Å². The van der Waals surface area contributed by atoms with Gasteiger partial charge in [0.1, 0.15) is 10.8 Å². The minimum atomic E-state index is -0.0158. The Bertz CT molecular complexity index is 682. The average molecular weight is 320 g/mol. The summed E-state index contributed by atoms with van der Waals surface area (Å²) < 4.78 is 11.5. The molecule has 2 heterocycles. The SMILES string of the molecule is CC(C)Oc1cnc(-c2cc(CN)c(CO)c3c2OCC3)s1. The highest BCUT2D eigenvalue weighted by atomic mass is 32.1. The van der Waals surface area contributed by atoms with Crippen LogP contribution in [0.2, 0.25) is 0 Å². The molecule has 0 saturated heterocycles. The molecule has 22 heavy (non-hydrogen) atoms. The Morgan fingerprint density at radius 1 is 1.50 bits per heavy atom. The molecular weight excluding hydrogens is 300 g/mol. The summed E-state index contributed by atoms with van der Waals surface area (Å²) >= 11 is 1.50. The van der Waals surface area contributed by atoms with E-state index in [-0.39, 0.29) is 12.7 Å². The van der Waals surface area contributed by atoms with E-state index >= 15 is 0 Å². The molecule has 0 atom stereocenters. The van der Waals surface area contributed by atoms with Crippen molar-refractivity contribution < 1.29 is 14.6 Å². The molecule has 0 radical (unpaired) electrons. The quantitative estimate of drug-likeness (QED) is 0.885. The Labute approximate surface area is 133 Å². The summed E-state index contributed by atoms with van der Waals surface area (Å²) in [7, 11) is 0. The molecule has 3 N–H and O–H groups in total. The molecule has 1 aromatic heterocycles. The van der Waals surface area contributed by atoms with E-state index in [1.165, 1.54) is 11.3 Å². The van der Waals surface area contributed by atoms with Gasteiger partial charge in [-0.2, -0.15) is 0 Å². The predicted octanol–water partition coefficient (Wildman–Crippen LogP) is 2.48. The molecule has 0 bridgehead atoms. The number of thiazole rings is 1. The number of ether oxygens (including phenoxy) is 2. The first-order chi connectivity index (χ1) is 10.6. The summed E-state index contributed by atoms with van der Waals surface area (Å²) in [5, 5.41) is 11.3. The fraction of sp³-hybridized carbons (Fsp3) is 0.438. The number of rotatable bonds is 5. The Balaban J connectivity index is 2.07. The van der Waals surface area contributed by atoms with E-state index in [0.717, 1.165) is 44.5 Å². The zero-order valence-corrected chi connectivity index (χ0v) is 13.6. The maximum atomic E-state index is 9.63. The molecule has 1 aliphatic heterocycles. The summed E-state index contributed by atoms with van der Waals surface area (Å²) in [4.78, 5) is 4.46. The van der Waals surface area contributed by atoms with Crippen LogP contribution in [0.1, 0.15) is 30.5 Å². The van der Waals surface area contributed by atoms with Crippen molar-refractivity contribution in [2.45, 2.75) is 39.5 Å². The van der Waals surface area contributed by atoms with Crippen molar-refractivity contribution in [1.82, 2.24) is 4.98 Å². The third-order valence-corrected chi connectivity index (χ3v) is 4.55. The second-order valence-electron chi connectivity index (χ2n) is 5.48. The van der Waals surface area contributed by atoms with E-state index in [2.05, 4.69) is 4.98 Å². The van der Waals surface area contributed by atoms with Gasteiger partial charge in [-0.1, -0.05) is 11.3 Å². The summed E-state index contributed by atoms with van der Waals surface area (Å²) in [6, 6.07) is 1.98. The lowest BCUT2D eigenvalue weighted by Gasteiger charge is -2.13. The van der Waals surface area contributed by atoms with Crippen LogP contribution in [0.3, 0.4) is 0 Å². The molecule has 0 fully saturated rings. The molecule has 0 amide bonds. The van der Waals surface area contributed by atoms with Crippen molar-refractivity contribution in [2.24, 2.45) is 5.73 Å². The summed E-state index contributed by atoms with van der Waals surface area (Å²) in [5.74, 6) is 0.826.